The molecule has 0 saturated carbocycles. The Morgan fingerprint density at radius 2 is 2.00 bits per heavy atom. The van der Waals surface area contributed by atoms with Gasteiger partial charge in [0.15, 0.2) is 0 Å². The number of hydrogen-bond acceptors (Lipinski definition) is 3. The van der Waals surface area contributed by atoms with Crippen LogP contribution in [0.1, 0.15) is 0 Å². The third kappa shape index (κ3) is 2.72. The van der Waals surface area contributed by atoms with E-state index in [1.807, 2.05) is 24.3 Å². The average Bonchev–Trinajstić information content (AvgIpc) is 2.25. The summed E-state index contributed by atoms with van der Waals surface area (Å²) in [6.45, 7) is 0. The second-order valence-corrected chi connectivity index (χ2v) is 5.03. The number of benzene rings is 1. The van der Waals surface area contributed by atoms with Gasteiger partial charge in [0.25, 0.3) is 0 Å². The van der Waals surface area contributed by atoms with Crippen molar-refractivity contribution in [2.45, 2.75) is 0 Å². The van der Waals surface area contributed by atoms with Gasteiger partial charge in [-0.1, -0.05) is 33.6 Å². The summed E-state index contributed by atoms with van der Waals surface area (Å²) in [7, 11) is 0. The van der Waals surface area contributed by atoms with Gasteiger partial charge in [0, 0.05) is 10.2 Å². The van der Waals surface area contributed by atoms with E-state index in [-0.39, 0.29) is 0 Å². The van der Waals surface area contributed by atoms with E-state index in [1.165, 1.54) is 6.33 Å². The lowest BCUT2D eigenvalue weighted by molar-refractivity contribution is 1.15. The first kappa shape index (κ1) is 11.8. The van der Waals surface area contributed by atoms with Crippen molar-refractivity contribution in [1.82, 2.24) is 9.97 Å². The minimum atomic E-state index is 0.382. The summed E-state index contributed by atoms with van der Waals surface area (Å²) in [4.78, 5) is 7.95. The second kappa shape index (κ2) is 5.12. The lowest BCUT2D eigenvalue weighted by Gasteiger charge is -2.07. The smallest absolute Gasteiger partial charge is 0.149 e. The largest absolute Gasteiger partial charge is 0.339 e. The van der Waals surface area contributed by atoms with E-state index in [4.69, 9.17) is 11.6 Å². The van der Waals surface area contributed by atoms with Crippen molar-refractivity contribution in [3.8, 4) is 0 Å². The fourth-order valence-corrected chi connectivity index (χ4v) is 1.97. The Labute approximate surface area is 115 Å². The summed E-state index contributed by atoms with van der Waals surface area (Å²) in [5.74, 6) is 0.637. The van der Waals surface area contributed by atoms with Crippen LogP contribution in [0.3, 0.4) is 0 Å². The molecule has 3 nitrogen and oxygen atoms in total. The molecule has 2 rings (SSSR count). The summed E-state index contributed by atoms with van der Waals surface area (Å²) in [6, 6.07) is 7.77. The molecular formula is C10H6Br2ClN3. The Hall–Kier alpha value is -0.650. The summed E-state index contributed by atoms with van der Waals surface area (Å²) >= 11 is 12.6. The maximum Gasteiger partial charge on any atom is 0.149 e. The third-order valence-electron chi connectivity index (χ3n) is 1.83. The lowest BCUT2D eigenvalue weighted by atomic mass is 10.3. The van der Waals surface area contributed by atoms with Crippen molar-refractivity contribution in [2.24, 2.45) is 0 Å². The molecule has 0 atom stereocenters. The second-order valence-electron chi connectivity index (χ2n) is 2.96. The lowest BCUT2D eigenvalue weighted by Crippen LogP contribution is -1.95. The van der Waals surface area contributed by atoms with Crippen molar-refractivity contribution in [3.05, 3.63) is 44.7 Å². The predicted molar refractivity (Wildman–Crippen MR) is 72.2 cm³/mol. The van der Waals surface area contributed by atoms with Gasteiger partial charge in [0.1, 0.15) is 17.3 Å². The number of anilines is 2. The molecule has 16 heavy (non-hydrogen) atoms. The fourth-order valence-electron chi connectivity index (χ4n) is 1.14. The zero-order valence-electron chi connectivity index (χ0n) is 7.92. The molecule has 0 aliphatic rings. The van der Waals surface area contributed by atoms with E-state index in [1.54, 1.807) is 0 Å². The van der Waals surface area contributed by atoms with Gasteiger partial charge in [-0.25, -0.2) is 9.97 Å². The zero-order chi connectivity index (χ0) is 11.5. The minimum Gasteiger partial charge on any atom is -0.339 e. The van der Waals surface area contributed by atoms with E-state index in [0.29, 0.717) is 15.4 Å². The molecule has 0 amide bonds. The highest BCUT2D eigenvalue weighted by Gasteiger charge is 2.06. The molecular weight excluding hydrogens is 357 g/mol. The molecule has 0 unspecified atom stereocenters. The van der Waals surface area contributed by atoms with Crippen LogP contribution in [0, 0.1) is 0 Å². The van der Waals surface area contributed by atoms with E-state index in [9.17, 15) is 0 Å². The quantitative estimate of drug-likeness (QED) is 0.804. The summed E-state index contributed by atoms with van der Waals surface area (Å²) in [5, 5.41) is 3.52. The van der Waals surface area contributed by atoms with Crippen LogP contribution >= 0.6 is 43.5 Å². The molecule has 1 aromatic heterocycles. The molecule has 0 aliphatic heterocycles. The van der Waals surface area contributed by atoms with Gasteiger partial charge in [-0.3, -0.25) is 0 Å². The summed E-state index contributed by atoms with van der Waals surface area (Å²) < 4.78 is 1.64. The molecule has 1 N–H and O–H groups in total. The zero-order valence-corrected chi connectivity index (χ0v) is 11.8. The van der Waals surface area contributed by atoms with Gasteiger partial charge in [-0.15, -0.1) is 0 Å². The standard InChI is InChI=1S/C10H6Br2ClN3/c11-6-2-1-3-7(4-6)16-10-8(12)9(13)14-5-15-10/h1-5H,(H,14,15,16). The van der Waals surface area contributed by atoms with Crippen LogP contribution in [0.5, 0.6) is 0 Å². The van der Waals surface area contributed by atoms with Crippen LogP contribution < -0.4 is 5.32 Å². The van der Waals surface area contributed by atoms with Crippen LogP contribution in [-0.4, -0.2) is 9.97 Å². The molecule has 0 fully saturated rings. The Balaban J connectivity index is 2.31. The number of halogens is 3. The highest BCUT2D eigenvalue weighted by Crippen LogP contribution is 2.29. The Morgan fingerprint density at radius 3 is 2.75 bits per heavy atom. The van der Waals surface area contributed by atoms with E-state index in [2.05, 4.69) is 47.1 Å². The number of rotatable bonds is 2. The van der Waals surface area contributed by atoms with Crippen LogP contribution in [0.15, 0.2) is 39.5 Å². The maximum atomic E-state index is 5.86. The number of nitrogens with zero attached hydrogens (tertiary/aromatic N) is 2. The van der Waals surface area contributed by atoms with Crippen LogP contribution in [0.4, 0.5) is 11.5 Å². The first-order chi connectivity index (χ1) is 7.66. The molecule has 6 heteroatoms. The molecule has 0 spiro atoms. The summed E-state index contributed by atoms with van der Waals surface area (Å²) in [6.07, 6.45) is 1.41. The molecule has 0 aliphatic carbocycles. The van der Waals surface area contributed by atoms with Crippen LogP contribution in [-0.2, 0) is 0 Å². The van der Waals surface area contributed by atoms with Gasteiger partial charge < -0.3 is 5.32 Å². The highest BCUT2D eigenvalue weighted by molar-refractivity contribution is 9.11. The van der Waals surface area contributed by atoms with Gasteiger partial charge in [0.2, 0.25) is 0 Å². The molecule has 82 valence electrons. The summed E-state index contributed by atoms with van der Waals surface area (Å²) in [5.41, 5.74) is 0.921. The average molecular weight is 363 g/mol. The van der Waals surface area contributed by atoms with Crippen molar-refractivity contribution < 1.29 is 0 Å². The van der Waals surface area contributed by atoms with Gasteiger partial charge in [-0.05, 0) is 34.1 Å². The third-order valence-corrected chi connectivity index (χ3v) is 3.59. The fraction of sp³-hybridized carbons (Fsp3) is 0. The topological polar surface area (TPSA) is 37.8 Å². The molecule has 0 radical (unpaired) electrons. The number of nitrogens with one attached hydrogen (secondary N) is 1. The Bertz CT molecular complexity index is 519. The minimum absolute atomic E-state index is 0.382. The normalized spacial score (nSPS) is 10.2. The highest BCUT2D eigenvalue weighted by atomic mass is 79.9. The SMILES string of the molecule is Clc1ncnc(Nc2cccc(Br)c2)c1Br. The first-order valence-corrected chi connectivity index (χ1v) is 6.32. The number of hydrogen-bond donors (Lipinski definition) is 1. The van der Waals surface area contributed by atoms with Crippen molar-refractivity contribution in [1.29, 1.82) is 0 Å². The maximum absolute atomic E-state index is 5.86. The molecule has 2 aromatic rings. The van der Waals surface area contributed by atoms with Crippen molar-refractivity contribution >= 4 is 55.0 Å². The van der Waals surface area contributed by atoms with E-state index >= 15 is 0 Å². The monoisotopic (exact) mass is 361 g/mol. The van der Waals surface area contributed by atoms with Gasteiger partial charge in [-0.2, -0.15) is 0 Å². The van der Waals surface area contributed by atoms with E-state index in [0.717, 1.165) is 10.2 Å². The van der Waals surface area contributed by atoms with Crippen LogP contribution in [0.25, 0.3) is 0 Å². The molecule has 1 aromatic carbocycles. The van der Waals surface area contributed by atoms with Crippen LogP contribution in [0.2, 0.25) is 5.15 Å². The molecule has 0 bridgehead atoms. The van der Waals surface area contributed by atoms with Gasteiger partial charge >= 0.3 is 0 Å². The Morgan fingerprint density at radius 1 is 1.19 bits per heavy atom. The van der Waals surface area contributed by atoms with Crippen molar-refractivity contribution in [3.63, 3.8) is 0 Å². The molecule has 1 heterocycles. The predicted octanol–water partition coefficient (Wildman–Crippen LogP) is 4.40. The Kier molecular flexibility index (Phi) is 3.78. The van der Waals surface area contributed by atoms with Gasteiger partial charge in [0.05, 0.1) is 4.47 Å². The number of aromatic nitrogens is 2. The van der Waals surface area contributed by atoms with E-state index < -0.39 is 0 Å². The van der Waals surface area contributed by atoms with Crippen molar-refractivity contribution in [2.75, 3.05) is 5.32 Å². The first-order valence-electron chi connectivity index (χ1n) is 4.35. The molecule has 0 saturated heterocycles.